The number of rotatable bonds is 3. The van der Waals surface area contributed by atoms with Crippen molar-refractivity contribution in [3.63, 3.8) is 0 Å². The first kappa shape index (κ1) is 20.0. The number of hydrogen-bond acceptors (Lipinski definition) is 4. The number of aliphatic hydroxyl groups is 1. The molecule has 0 bridgehead atoms. The van der Waals surface area contributed by atoms with E-state index in [2.05, 4.69) is 37.2 Å². The lowest BCUT2D eigenvalue weighted by Gasteiger charge is -2.42. The van der Waals surface area contributed by atoms with Crippen LogP contribution in [0, 0.1) is 0 Å². The molecule has 0 radical (unpaired) electrons. The van der Waals surface area contributed by atoms with E-state index in [9.17, 15) is 14.7 Å². The summed E-state index contributed by atoms with van der Waals surface area (Å²) in [6.07, 6.45) is -0.994. The van der Waals surface area contributed by atoms with Gasteiger partial charge in [-0.25, -0.2) is 0 Å². The molecule has 0 spiro atoms. The summed E-state index contributed by atoms with van der Waals surface area (Å²) in [5.41, 5.74) is 0.614. The Balaban J connectivity index is 2.01. The molecule has 2 aromatic carbocycles. The summed E-state index contributed by atoms with van der Waals surface area (Å²) in [5, 5.41) is 13.7. The second kappa shape index (κ2) is 7.37. The molecule has 1 heterocycles. The molecule has 1 aliphatic heterocycles. The van der Waals surface area contributed by atoms with Gasteiger partial charge in [0.05, 0.1) is 6.04 Å². The minimum absolute atomic E-state index is 0.0990. The van der Waals surface area contributed by atoms with Gasteiger partial charge in [-0.1, -0.05) is 31.9 Å². The largest absolute Gasteiger partial charge is 0.485 e. The summed E-state index contributed by atoms with van der Waals surface area (Å²) in [6.45, 7) is 4.99. The van der Waals surface area contributed by atoms with Crippen LogP contribution in [0.1, 0.15) is 53.1 Å². The first-order valence-corrected chi connectivity index (χ1v) is 9.96. The molecule has 2 atom stereocenters. The topological polar surface area (TPSA) is 75.6 Å². The molecule has 0 unspecified atom stereocenters. The molecule has 2 N–H and O–H groups in total. The first-order valence-electron chi connectivity index (χ1n) is 8.37. The summed E-state index contributed by atoms with van der Waals surface area (Å²) < 4.78 is 7.41. The number of halogens is 2. The van der Waals surface area contributed by atoms with E-state index >= 15 is 0 Å². The number of Topliss-reactive ketones (excluding diaryl/α,β-unsaturated/α-hetero) is 1. The first-order chi connectivity index (χ1) is 12.6. The van der Waals surface area contributed by atoms with Crippen LogP contribution in [0.25, 0.3) is 0 Å². The van der Waals surface area contributed by atoms with Crippen molar-refractivity contribution in [2.75, 3.05) is 0 Å². The molecule has 2 aromatic rings. The fraction of sp³-hybridized carbons (Fsp3) is 0.300. The molecule has 0 aromatic heterocycles. The summed E-state index contributed by atoms with van der Waals surface area (Å²) in [6, 6.07) is 9.56. The minimum atomic E-state index is -0.994. The summed E-state index contributed by atoms with van der Waals surface area (Å²) in [4.78, 5) is 24.6. The van der Waals surface area contributed by atoms with Crippen LogP contribution in [0.5, 0.6) is 5.75 Å². The molecule has 142 valence electrons. The fourth-order valence-electron chi connectivity index (χ4n) is 3.08. The van der Waals surface area contributed by atoms with Crippen molar-refractivity contribution in [1.29, 1.82) is 0 Å². The summed E-state index contributed by atoms with van der Waals surface area (Å²) in [7, 11) is 0. The number of carbonyl (C=O) groups is 2. The zero-order chi connectivity index (χ0) is 19.9. The van der Waals surface area contributed by atoms with Crippen LogP contribution in [0.15, 0.2) is 45.3 Å². The van der Waals surface area contributed by atoms with Gasteiger partial charge >= 0.3 is 0 Å². The van der Waals surface area contributed by atoms with E-state index in [1.54, 1.807) is 44.2 Å². The average molecular weight is 497 g/mol. The molecular formula is C20H19Br2NO4. The van der Waals surface area contributed by atoms with E-state index in [0.29, 0.717) is 22.4 Å². The molecule has 27 heavy (non-hydrogen) atoms. The molecular weight excluding hydrogens is 478 g/mol. The van der Waals surface area contributed by atoms with Crippen molar-refractivity contribution in [3.05, 3.63) is 62.0 Å². The van der Waals surface area contributed by atoms with Gasteiger partial charge in [-0.15, -0.1) is 0 Å². The number of fused-ring (bicyclic) bond motifs is 1. The molecule has 0 aliphatic carbocycles. The van der Waals surface area contributed by atoms with Crippen molar-refractivity contribution >= 4 is 43.6 Å². The molecule has 0 fully saturated rings. The van der Waals surface area contributed by atoms with Crippen LogP contribution in [0.3, 0.4) is 0 Å². The SMILES string of the molecule is CC(=O)c1ccc2c(c1)[C@@H](NC(=O)c1cc(Br)cc(Br)c1)[C@H](O)C(C)(C)O2. The van der Waals surface area contributed by atoms with E-state index in [-0.39, 0.29) is 11.7 Å². The Morgan fingerprint density at radius 3 is 2.30 bits per heavy atom. The quantitative estimate of drug-likeness (QED) is 0.617. The zero-order valence-corrected chi connectivity index (χ0v) is 18.2. The van der Waals surface area contributed by atoms with E-state index in [0.717, 1.165) is 8.95 Å². The number of ether oxygens (including phenoxy) is 1. The number of amides is 1. The predicted octanol–water partition coefficient (Wildman–Crippen LogP) is 4.42. The van der Waals surface area contributed by atoms with Gasteiger partial charge in [0.15, 0.2) is 5.78 Å². The normalized spacial score (nSPS) is 20.4. The van der Waals surface area contributed by atoms with Crippen molar-refractivity contribution < 1.29 is 19.4 Å². The van der Waals surface area contributed by atoms with Crippen molar-refractivity contribution in [2.24, 2.45) is 0 Å². The Morgan fingerprint density at radius 1 is 1.07 bits per heavy atom. The number of aliphatic hydroxyl groups excluding tert-OH is 1. The predicted molar refractivity (Wildman–Crippen MR) is 109 cm³/mol. The lowest BCUT2D eigenvalue weighted by Crippen LogP contribution is -2.53. The molecule has 3 rings (SSSR count). The smallest absolute Gasteiger partial charge is 0.251 e. The highest BCUT2D eigenvalue weighted by atomic mass is 79.9. The number of ketones is 1. The lowest BCUT2D eigenvalue weighted by molar-refractivity contribution is -0.0627. The van der Waals surface area contributed by atoms with E-state index in [4.69, 9.17) is 4.74 Å². The third kappa shape index (κ3) is 4.10. The van der Waals surface area contributed by atoms with Gasteiger partial charge in [-0.05, 0) is 57.2 Å². The van der Waals surface area contributed by atoms with Crippen LogP contribution in [-0.2, 0) is 0 Å². The number of hydrogen-bond donors (Lipinski definition) is 2. The van der Waals surface area contributed by atoms with E-state index in [1.165, 1.54) is 6.92 Å². The maximum Gasteiger partial charge on any atom is 0.251 e. The highest BCUT2D eigenvalue weighted by Gasteiger charge is 2.43. The Morgan fingerprint density at radius 2 is 1.70 bits per heavy atom. The van der Waals surface area contributed by atoms with Gasteiger partial charge in [0, 0.05) is 25.6 Å². The summed E-state index contributed by atoms with van der Waals surface area (Å²) >= 11 is 6.74. The fourth-order valence-corrected chi connectivity index (χ4v) is 4.38. The van der Waals surface area contributed by atoms with Gasteiger partial charge in [0.25, 0.3) is 5.91 Å². The lowest BCUT2D eigenvalue weighted by atomic mass is 9.85. The zero-order valence-electron chi connectivity index (χ0n) is 15.0. The van der Waals surface area contributed by atoms with Gasteiger partial charge in [-0.2, -0.15) is 0 Å². The maximum absolute atomic E-state index is 12.8. The van der Waals surface area contributed by atoms with Crippen LogP contribution >= 0.6 is 31.9 Å². The summed E-state index contributed by atoms with van der Waals surface area (Å²) in [5.74, 6) is 0.104. The monoisotopic (exact) mass is 495 g/mol. The molecule has 0 saturated heterocycles. The standard InChI is InChI=1S/C20H19Br2NO4/c1-10(24)11-4-5-16-15(8-11)17(18(25)20(2,3)27-16)23-19(26)12-6-13(21)9-14(22)7-12/h4-9,17-18,25H,1-3H3,(H,23,26)/t17-,18+/m1/s1. The second-order valence-corrected chi connectivity index (χ2v) is 8.90. The van der Waals surface area contributed by atoms with Gasteiger partial charge in [-0.3, -0.25) is 9.59 Å². The Labute approximate surface area is 174 Å². The van der Waals surface area contributed by atoms with Crippen molar-refractivity contribution in [2.45, 2.75) is 38.5 Å². The van der Waals surface area contributed by atoms with Crippen molar-refractivity contribution in [3.8, 4) is 5.75 Å². The maximum atomic E-state index is 12.8. The Kier molecular flexibility index (Phi) is 5.47. The molecule has 1 amide bonds. The highest BCUT2D eigenvalue weighted by molar-refractivity contribution is 9.11. The number of benzene rings is 2. The highest BCUT2D eigenvalue weighted by Crippen LogP contribution is 2.40. The molecule has 5 nitrogen and oxygen atoms in total. The van der Waals surface area contributed by atoms with Crippen LogP contribution in [0.4, 0.5) is 0 Å². The Hall–Kier alpha value is -1.70. The molecule has 0 saturated carbocycles. The van der Waals surface area contributed by atoms with Gasteiger partial charge < -0.3 is 15.2 Å². The molecule has 7 heteroatoms. The number of carbonyl (C=O) groups excluding carboxylic acids is 2. The third-order valence-corrected chi connectivity index (χ3v) is 5.48. The second-order valence-electron chi connectivity index (χ2n) is 7.07. The molecule has 1 aliphatic rings. The van der Waals surface area contributed by atoms with Crippen molar-refractivity contribution in [1.82, 2.24) is 5.32 Å². The van der Waals surface area contributed by atoms with Crippen LogP contribution in [-0.4, -0.2) is 28.5 Å². The van der Waals surface area contributed by atoms with Crippen LogP contribution in [0.2, 0.25) is 0 Å². The number of nitrogens with one attached hydrogen (secondary N) is 1. The van der Waals surface area contributed by atoms with Gasteiger partial charge in [0.2, 0.25) is 0 Å². The minimum Gasteiger partial charge on any atom is -0.485 e. The van der Waals surface area contributed by atoms with E-state index in [1.807, 2.05) is 6.07 Å². The Bertz CT molecular complexity index is 906. The van der Waals surface area contributed by atoms with Crippen LogP contribution < -0.4 is 10.1 Å². The van der Waals surface area contributed by atoms with Gasteiger partial charge in [0.1, 0.15) is 17.5 Å². The third-order valence-electron chi connectivity index (χ3n) is 4.56. The van der Waals surface area contributed by atoms with E-state index < -0.39 is 17.7 Å². The average Bonchev–Trinajstić information content (AvgIpc) is 2.57.